The molecule has 1 aliphatic rings. The number of carbonyl (C=O) groups excluding carboxylic acids is 2. The zero-order chi connectivity index (χ0) is 25.7. The number of anilines is 2. The number of likely N-dealkylation sites (tertiary alicyclic amines) is 1. The van der Waals surface area contributed by atoms with Crippen LogP contribution in [0.2, 0.25) is 0 Å². The van der Waals surface area contributed by atoms with E-state index in [1.807, 2.05) is 35.2 Å². The van der Waals surface area contributed by atoms with Gasteiger partial charge in [0, 0.05) is 28.2 Å². The first kappa shape index (κ1) is 25.4. The number of carboxylic acids is 1. The number of amides is 3. The van der Waals surface area contributed by atoms with Crippen molar-refractivity contribution in [2.24, 2.45) is 5.41 Å². The molecule has 0 spiro atoms. The molecular formula is C27H30N4O4S. The number of para-hydroxylation sites is 1. The highest BCUT2D eigenvalue weighted by Gasteiger charge is 2.32. The molecule has 3 heterocycles. The van der Waals surface area contributed by atoms with E-state index in [0.717, 1.165) is 28.2 Å². The second-order valence-electron chi connectivity index (χ2n) is 9.59. The van der Waals surface area contributed by atoms with E-state index >= 15 is 0 Å². The normalized spacial score (nSPS) is 15.5. The van der Waals surface area contributed by atoms with Crippen molar-refractivity contribution in [1.82, 2.24) is 9.88 Å². The van der Waals surface area contributed by atoms with Gasteiger partial charge in [0.1, 0.15) is 5.82 Å². The minimum Gasteiger partial charge on any atom is -0.481 e. The van der Waals surface area contributed by atoms with Crippen molar-refractivity contribution in [2.75, 3.05) is 17.2 Å². The second kappa shape index (κ2) is 10.9. The average molecular weight is 507 g/mol. The average Bonchev–Trinajstić information content (AvgIpc) is 3.50. The molecule has 1 atom stereocenters. The van der Waals surface area contributed by atoms with Crippen LogP contribution in [-0.2, 0) is 22.4 Å². The van der Waals surface area contributed by atoms with E-state index in [1.54, 1.807) is 55.6 Å². The molecule has 1 aromatic carbocycles. The molecule has 0 saturated carbocycles. The molecule has 188 valence electrons. The zero-order valence-corrected chi connectivity index (χ0v) is 21.2. The number of rotatable bonds is 8. The number of carboxylic acid groups (broad SMARTS) is 1. The van der Waals surface area contributed by atoms with E-state index in [4.69, 9.17) is 0 Å². The summed E-state index contributed by atoms with van der Waals surface area (Å²) in [6.07, 6.45) is 4.12. The van der Waals surface area contributed by atoms with Crippen LogP contribution in [0.25, 0.3) is 0 Å². The van der Waals surface area contributed by atoms with Gasteiger partial charge in [-0.25, -0.2) is 9.78 Å². The number of nitrogens with one attached hydrogen (secondary N) is 2. The fraction of sp³-hybridized carbons (Fsp3) is 0.333. The molecule has 0 aliphatic carbocycles. The number of hydrogen-bond donors (Lipinski definition) is 3. The topological polar surface area (TPSA) is 112 Å². The number of aromatic nitrogens is 1. The molecule has 8 nitrogen and oxygen atoms in total. The lowest BCUT2D eigenvalue weighted by Crippen LogP contribution is -2.31. The number of thiophene rings is 1. The Morgan fingerprint density at radius 3 is 2.56 bits per heavy atom. The number of nitrogens with zero attached hydrogens (tertiary/aromatic N) is 2. The van der Waals surface area contributed by atoms with Crippen molar-refractivity contribution < 1.29 is 19.5 Å². The van der Waals surface area contributed by atoms with Crippen LogP contribution >= 0.6 is 11.3 Å². The maximum atomic E-state index is 13.1. The molecule has 9 heteroatoms. The third-order valence-corrected chi connectivity index (χ3v) is 7.42. The first-order valence-electron chi connectivity index (χ1n) is 11.9. The summed E-state index contributed by atoms with van der Waals surface area (Å²) in [7, 11) is 0. The Balaban J connectivity index is 1.34. The van der Waals surface area contributed by atoms with Gasteiger partial charge >= 0.3 is 12.0 Å². The molecular weight excluding hydrogens is 476 g/mol. The molecule has 3 aromatic rings. The van der Waals surface area contributed by atoms with Crippen molar-refractivity contribution in [3.8, 4) is 0 Å². The van der Waals surface area contributed by atoms with Crippen molar-refractivity contribution in [2.45, 2.75) is 45.6 Å². The van der Waals surface area contributed by atoms with Crippen LogP contribution in [0.5, 0.6) is 0 Å². The predicted octanol–water partition coefficient (Wildman–Crippen LogP) is 5.35. The fourth-order valence-corrected chi connectivity index (χ4v) is 5.61. The summed E-state index contributed by atoms with van der Waals surface area (Å²) in [5.74, 6) is -0.390. The van der Waals surface area contributed by atoms with Crippen LogP contribution < -0.4 is 10.6 Å². The Bertz CT molecular complexity index is 1220. The minimum atomic E-state index is -0.830. The first-order chi connectivity index (χ1) is 17.2. The van der Waals surface area contributed by atoms with E-state index < -0.39 is 11.4 Å². The van der Waals surface area contributed by atoms with Crippen LogP contribution in [0.3, 0.4) is 0 Å². The molecule has 3 amide bonds. The fourth-order valence-electron chi connectivity index (χ4n) is 4.22. The molecule has 0 bridgehead atoms. The lowest BCUT2D eigenvalue weighted by molar-refractivity contribution is -0.146. The largest absolute Gasteiger partial charge is 0.481 e. The van der Waals surface area contributed by atoms with Gasteiger partial charge in [0.25, 0.3) is 0 Å². The molecule has 1 saturated heterocycles. The van der Waals surface area contributed by atoms with E-state index in [1.165, 1.54) is 0 Å². The number of pyridine rings is 1. The van der Waals surface area contributed by atoms with Gasteiger partial charge in [-0.3, -0.25) is 14.9 Å². The van der Waals surface area contributed by atoms with Crippen molar-refractivity contribution >= 4 is 40.7 Å². The van der Waals surface area contributed by atoms with Gasteiger partial charge in [0.15, 0.2) is 0 Å². The molecule has 1 aliphatic heterocycles. The number of aliphatic carboxylic acids is 1. The standard InChI is InChI=1S/C27H30N4O4S/c1-27(2,25(33)34)16-20-11-12-22(36-20)21-9-6-14-31(21)24(32)15-18-10-13-23(28-17-18)30-26(35)29-19-7-4-3-5-8-19/h3-5,7-8,10-13,17,21H,6,9,14-16H2,1-2H3,(H,33,34)(H2,28,29,30,35). The van der Waals surface area contributed by atoms with Crippen molar-refractivity contribution in [3.63, 3.8) is 0 Å². The summed E-state index contributed by atoms with van der Waals surface area (Å²) in [6, 6.07) is 16.2. The third kappa shape index (κ3) is 6.28. The highest BCUT2D eigenvalue weighted by Crippen LogP contribution is 2.38. The summed E-state index contributed by atoms with van der Waals surface area (Å²) in [4.78, 5) is 45.1. The van der Waals surface area contributed by atoms with Crippen LogP contribution in [0, 0.1) is 5.41 Å². The van der Waals surface area contributed by atoms with Gasteiger partial charge in [0.05, 0.1) is 17.9 Å². The van der Waals surface area contributed by atoms with E-state index in [0.29, 0.717) is 24.5 Å². The highest BCUT2D eigenvalue weighted by molar-refractivity contribution is 7.12. The van der Waals surface area contributed by atoms with Gasteiger partial charge in [-0.05, 0) is 69.0 Å². The molecule has 36 heavy (non-hydrogen) atoms. The molecule has 1 unspecified atom stereocenters. The Kier molecular flexibility index (Phi) is 7.69. The van der Waals surface area contributed by atoms with Gasteiger partial charge in [0.2, 0.25) is 5.91 Å². The number of urea groups is 1. The second-order valence-corrected chi connectivity index (χ2v) is 10.8. The lowest BCUT2D eigenvalue weighted by atomic mass is 9.89. The van der Waals surface area contributed by atoms with Crippen LogP contribution in [0.1, 0.15) is 48.0 Å². The van der Waals surface area contributed by atoms with Crippen LogP contribution in [0.15, 0.2) is 60.8 Å². The Morgan fingerprint density at radius 1 is 1.08 bits per heavy atom. The molecule has 2 aromatic heterocycles. The summed E-state index contributed by atoms with van der Waals surface area (Å²) < 4.78 is 0. The first-order valence-corrected chi connectivity index (χ1v) is 12.7. The lowest BCUT2D eigenvalue weighted by Gasteiger charge is -2.24. The number of carbonyl (C=O) groups is 3. The predicted molar refractivity (Wildman–Crippen MR) is 140 cm³/mol. The van der Waals surface area contributed by atoms with Gasteiger partial charge in [-0.2, -0.15) is 0 Å². The monoisotopic (exact) mass is 506 g/mol. The summed E-state index contributed by atoms with van der Waals surface area (Å²) in [6.45, 7) is 4.15. The quantitative estimate of drug-likeness (QED) is 0.382. The molecule has 3 N–H and O–H groups in total. The van der Waals surface area contributed by atoms with E-state index in [9.17, 15) is 19.5 Å². The molecule has 1 fully saturated rings. The van der Waals surface area contributed by atoms with Crippen LogP contribution in [0.4, 0.5) is 16.3 Å². The van der Waals surface area contributed by atoms with Crippen LogP contribution in [-0.4, -0.2) is 39.4 Å². The van der Waals surface area contributed by atoms with E-state index in [2.05, 4.69) is 15.6 Å². The van der Waals surface area contributed by atoms with Gasteiger partial charge in [-0.15, -0.1) is 11.3 Å². The van der Waals surface area contributed by atoms with Gasteiger partial charge in [-0.1, -0.05) is 24.3 Å². The Labute approximate surface area is 214 Å². The van der Waals surface area contributed by atoms with Crippen molar-refractivity contribution in [3.05, 3.63) is 76.1 Å². The number of benzene rings is 1. The van der Waals surface area contributed by atoms with E-state index in [-0.39, 0.29) is 24.4 Å². The zero-order valence-electron chi connectivity index (χ0n) is 20.4. The smallest absolute Gasteiger partial charge is 0.324 e. The maximum absolute atomic E-state index is 13.1. The Hall–Kier alpha value is -3.72. The Morgan fingerprint density at radius 2 is 1.86 bits per heavy atom. The maximum Gasteiger partial charge on any atom is 0.324 e. The minimum absolute atomic E-state index is 0.0137. The third-order valence-electron chi connectivity index (χ3n) is 6.23. The van der Waals surface area contributed by atoms with Crippen molar-refractivity contribution in [1.29, 1.82) is 0 Å². The molecule has 4 rings (SSSR count). The summed E-state index contributed by atoms with van der Waals surface area (Å²) in [5, 5.41) is 14.8. The number of hydrogen-bond acceptors (Lipinski definition) is 5. The molecule has 0 radical (unpaired) electrons. The highest BCUT2D eigenvalue weighted by atomic mass is 32.1. The summed E-state index contributed by atoms with van der Waals surface area (Å²) in [5.41, 5.74) is 0.624. The SMILES string of the molecule is CC(C)(Cc1ccc(C2CCCN2C(=O)Cc2ccc(NC(=O)Nc3ccccc3)nc2)s1)C(=O)O. The van der Waals surface area contributed by atoms with Gasteiger partial charge < -0.3 is 15.3 Å². The summed E-state index contributed by atoms with van der Waals surface area (Å²) >= 11 is 1.59.